The molecule has 0 saturated carbocycles. The maximum Gasteiger partial charge on any atom is 0.303 e. The lowest BCUT2D eigenvalue weighted by atomic mass is 10.0. The molecule has 7 nitrogen and oxygen atoms in total. The summed E-state index contributed by atoms with van der Waals surface area (Å²) >= 11 is 0. The quantitative estimate of drug-likeness (QED) is 0.259. The molecule has 2 N–H and O–H groups in total. The van der Waals surface area contributed by atoms with Crippen molar-refractivity contribution in [3.63, 3.8) is 0 Å². The monoisotopic (exact) mass is 499 g/mol. The van der Waals surface area contributed by atoms with E-state index in [0.29, 0.717) is 30.9 Å². The minimum atomic E-state index is -0.871. The van der Waals surface area contributed by atoms with Crippen molar-refractivity contribution < 1.29 is 28.9 Å². The van der Waals surface area contributed by atoms with Gasteiger partial charge in [-0.2, -0.15) is 0 Å². The summed E-state index contributed by atoms with van der Waals surface area (Å²) in [5.74, 6) is 1.11. The number of ether oxygens (including phenoxy) is 3. The summed E-state index contributed by atoms with van der Waals surface area (Å²) in [5.41, 5.74) is 2.23. The van der Waals surface area contributed by atoms with Gasteiger partial charge in [-0.25, -0.2) is 0 Å². The van der Waals surface area contributed by atoms with E-state index in [4.69, 9.17) is 19.3 Å². The molecule has 0 aliphatic rings. The molecular weight excluding hydrogens is 470 g/mol. The van der Waals surface area contributed by atoms with Gasteiger partial charge in [0.25, 0.3) is 5.91 Å². The number of amides is 1. The van der Waals surface area contributed by atoms with Gasteiger partial charge in [0.15, 0.2) is 0 Å². The first-order valence-corrected chi connectivity index (χ1v) is 12.0. The molecule has 1 amide bonds. The molecule has 4 rings (SSSR count). The van der Waals surface area contributed by atoms with E-state index in [2.05, 4.69) is 5.32 Å². The summed E-state index contributed by atoms with van der Waals surface area (Å²) in [5, 5.41) is 14.1. The normalized spacial score (nSPS) is 10.6. The first kappa shape index (κ1) is 25.6. The number of nitrogens with one attached hydrogen (secondary N) is 1. The Hall–Kier alpha value is -4.52. The molecule has 0 aliphatic heterocycles. The van der Waals surface area contributed by atoms with Crippen LogP contribution in [0.25, 0.3) is 10.8 Å². The largest absolute Gasteiger partial charge is 0.497 e. The minimum absolute atomic E-state index is 0.00617. The Kier molecular flexibility index (Phi) is 8.60. The molecule has 190 valence electrons. The third-order valence-electron chi connectivity index (χ3n) is 5.90. The minimum Gasteiger partial charge on any atom is -0.497 e. The van der Waals surface area contributed by atoms with E-state index in [0.717, 1.165) is 33.4 Å². The van der Waals surface area contributed by atoms with E-state index in [-0.39, 0.29) is 18.9 Å². The predicted octanol–water partition coefficient (Wildman–Crippen LogP) is 5.25. The van der Waals surface area contributed by atoms with Crippen LogP contribution in [-0.4, -0.2) is 37.3 Å². The van der Waals surface area contributed by atoms with Crippen molar-refractivity contribution in [2.75, 3.05) is 20.3 Å². The van der Waals surface area contributed by atoms with Crippen molar-refractivity contribution >= 4 is 22.6 Å². The van der Waals surface area contributed by atoms with Gasteiger partial charge in [-0.05, 0) is 76.9 Å². The molecule has 0 atom stereocenters. The zero-order valence-corrected chi connectivity index (χ0v) is 20.6. The average Bonchev–Trinajstić information content (AvgIpc) is 2.93. The second-order valence-corrected chi connectivity index (χ2v) is 8.44. The number of methoxy groups -OCH3 is 1. The first-order valence-electron chi connectivity index (χ1n) is 12.0. The number of benzene rings is 4. The molecule has 0 heterocycles. The third-order valence-corrected chi connectivity index (χ3v) is 5.90. The van der Waals surface area contributed by atoms with E-state index < -0.39 is 5.97 Å². The molecule has 7 heteroatoms. The van der Waals surface area contributed by atoms with Crippen LogP contribution in [0.15, 0.2) is 84.9 Å². The number of carbonyl (C=O) groups excluding carboxylic acids is 1. The number of carboxylic acids is 1. The Morgan fingerprint density at radius 2 is 1.38 bits per heavy atom. The van der Waals surface area contributed by atoms with Crippen LogP contribution in [0.5, 0.6) is 17.2 Å². The molecule has 4 aromatic rings. The lowest BCUT2D eigenvalue weighted by molar-refractivity contribution is -0.136. The van der Waals surface area contributed by atoms with Crippen LogP contribution in [0, 0.1) is 0 Å². The van der Waals surface area contributed by atoms with Crippen molar-refractivity contribution in [3.8, 4) is 17.2 Å². The average molecular weight is 500 g/mol. The predicted molar refractivity (Wildman–Crippen MR) is 142 cm³/mol. The van der Waals surface area contributed by atoms with Gasteiger partial charge >= 0.3 is 5.97 Å². The summed E-state index contributed by atoms with van der Waals surface area (Å²) in [4.78, 5) is 23.6. The summed E-state index contributed by atoms with van der Waals surface area (Å²) < 4.78 is 17.0. The van der Waals surface area contributed by atoms with Crippen LogP contribution in [-0.2, 0) is 17.8 Å². The molecule has 0 aliphatic carbocycles. The fraction of sp³-hybridized carbons (Fsp3) is 0.200. The van der Waals surface area contributed by atoms with Crippen molar-refractivity contribution in [2.24, 2.45) is 0 Å². The highest BCUT2D eigenvalue weighted by molar-refractivity contribution is 5.94. The van der Waals surface area contributed by atoms with Gasteiger partial charge in [0.05, 0.1) is 7.11 Å². The molecule has 0 fully saturated rings. The van der Waals surface area contributed by atoms with Crippen molar-refractivity contribution in [3.05, 3.63) is 102 Å². The fourth-order valence-corrected chi connectivity index (χ4v) is 3.95. The number of aryl methyl sites for hydroxylation is 1. The van der Waals surface area contributed by atoms with Gasteiger partial charge in [0.2, 0.25) is 0 Å². The molecule has 0 spiro atoms. The maximum absolute atomic E-state index is 12.5. The number of fused-ring (bicyclic) bond motifs is 1. The molecule has 0 radical (unpaired) electrons. The second kappa shape index (κ2) is 12.4. The van der Waals surface area contributed by atoms with Crippen molar-refractivity contribution in [1.29, 1.82) is 0 Å². The molecule has 0 bridgehead atoms. The van der Waals surface area contributed by atoms with Gasteiger partial charge < -0.3 is 24.6 Å². The molecule has 0 unspecified atom stereocenters. The number of hydrogen-bond acceptors (Lipinski definition) is 5. The Bertz CT molecular complexity index is 1370. The van der Waals surface area contributed by atoms with Crippen LogP contribution in [0.2, 0.25) is 0 Å². The zero-order chi connectivity index (χ0) is 26.0. The lowest BCUT2D eigenvalue weighted by Gasteiger charge is -2.14. The molecule has 0 aromatic heterocycles. The van der Waals surface area contributed by atoms with Gasteiger partial charge in [-0.1, -0.05) is 36.4 Å². The first-order chi connectivity index (χ1) is 18.0. The molecule has 4 aromatic carbocycles. The number of aliphatic carboxylic acids is 1. The smallest absolute Gasteiger partial charge is 0.303 e. The van der Waals surface area contributed by atoms with Crippen LogP contribution in [0.3, 0.4) is 0 Å². The van der Waals surface area contributed by atoms with Gasteiger partial charge in [-0.15, -0.1) is 0 Å². The van der Waals surface area contributed by atoms with E-state index >= 15 is 0 Å². The van der Waals surface area contributed by atoms with Crippen LogP contribution < -0.4 is 19.5 Å². The summed E-state index contributed by atoms with van der Waals surface area (Å²) in [7, 11) is 1.64. The third kappa shape index (κ3) is 7.24. The van der Waals surface area contributed by atoms with E-state index in [1.165, 1.54) is 0 Å². The highest BCUT2D eigenvalue weighted by Gasteiger charge is 2.10. The van der Waals surface area contributed by atoms with Crippen LogP contribution in [0.4, 0.5) is 0 Å². The summed E-state index contributed by atoms with van der Waals surface area (Å²) in [6.07, 6.45) is 0.370. The molecule has 37 heavy (non-hydrogen) atoms. The SMILES string of the molecule is COc1ccc2cc(OCCOc3ccc(CCC(=O)O)c(CNC(=O)c4ccccc4)c3)ccc2c1. The standard InChI is InChI=1S/C30H29NO6/c1-35-26-11-8-24-18-27(13-9-23(24)17-26)36-15-16-37-28-12-7-21(10-14-29(32)33)25(19-28)20-31-30(34)22-5-3-2-4-6-22/h2-9,11-13,17-19H,10,14-16,20H2,1H3,(H,31,34)(H,32,33). The van der Waals surface area contributed by atoms with Crippen LogP contribution in [0.1, 0.15) is 27.9 Å². The Morgan fingerprint density at radius 1 is 0.757 bits per heavy atom. The summed E-state index contributed by atoms with van der Waals surface area (Å²) in [6.45, 7) is 0.936. The second-order valence-electron chi connectivity index (χ2n) is 8.44. The van der Waals surface area contributed by atoms with E-state index in [9.17, 15) is 9.59 Å². The van der Waals surface area contributed by atoms with Crippen molar-refractivity contribution in [1.82, 2.24) is 5.32 Å². The molecular formula is C30H29NO6. The highest BCUT2D eigenvalue weighted by atomic mass is 16.5. The maximum atomic E-state index is 12.5. The van der Waals surface area contributed by atoms with Crippen LogP contribution >= 0.6 is 0 Å². The number of carbonyl (C=O) groups is 2. The van der Waals surface area contributed by atoms with E-state index in [1.54, 1.807) is 31.4 Å². The number of rotatable bonds is 12. The van der Waals surface area contributed by atoms with Crippen molar-refractivity contribution in [2.45, 2.75) is 19.4 Å². The topological polar surface area (TPSA) is 94.1 Å². The van der Waals surface area contributed by atoms with E-state index in [1.807, 2.05) is 60.7 Å². The Labute approximate surface area is 215 Å². The molecule has 0 saturated heterocycles. The number of hydrogen-bond donors (Lipinski definition) is 2. The zero-order valence-electron chi connectivity index (χ0n) is 20.6. The fourth-order valence-electron chi connectivity index (χ4n) is 3.95. The van der Waals surface area contributed by atoms with Gasteiger partial charge in [-0.3, -0.25) is 9.59 Å². The Morgan fingerprint density at radius 3 is 2.05 bits per heavy atom. The Balaban J connectivity index is 1.35. The summed E-state index contributed by atoms with van der Waals surface area (Å²) in [6, 6.07) is 26.2. The lowest BCUT2D eigenvalue weighted by Crippen LogP contribution is -2.23. The number of carboxylic acid groups (broad SMARTS) is 1. The van der Waals surface area contributed by atoms with Gasteiger partial charge in [0, 0.05) is 18.5 Å². The van der Waals surface area contributed by atoms with Gasteiger partial charge in [0.1, 0.15) is 30.5 Å². The highest BCUT2D eigenvalue weighted by Crippen LogP contribution is 2.25.